The zero-order valence-electron chi connectivity index (χ0n) is 34.1. The van der Waals surface area contributed by atoms with Gasteiger partial charge in [0.1, 0.15) is 6.10 Å². The summed E-state index contributed by atoms with van der Waals surface area (Å²) < 4.78 is 6.56. The minimum atomic E-state index is 0.117. The van der Waals surface area contributed by atoms with Crippen molar-refractivity contribution in [3.63, 3.8) is 0 Å². The number of fused-ring (bicyclic) bond motifs is 5. The Labute approximate surface area is 307 Å². The van der Waals surface area contributed by atoms with Crippen molar-refractivity contribution in [2.24, 2.45) is 52.3 Å². The lowest BCUT2D eigenvalue weighted by atomic mass is 9.44. The Balaban J connectivity index is 1.12. The van der Waals surface area contributed by atoms with E-state index < -0.39 is 0 Å². The molecule has 4 aliphatic carbocycles. The van der Waals surface area contributed by atoms with E-state index in [-0.39, 0.29) is 17.5 Å². The van der Waals surface area contributed by atoms with E-state index >= 15 is 0 Å². The molecule has 0 heterocycles. The van der Waals surface area contributed by atoms with Crippen molar-refractivity contribution < 1.29 is 9.53 Å². The monoisotopic (exact) mass is 683 g/mol. The van der Waals surface area contributed by atoms with E-state index in [4.69, 9.17) is 4.74 Å². The highest BCUT2D eigenvalue weighted by molar-refractivity contribution is 5.69. The fourth-order valence-corrected chi connectivity index (χ4v) is 12.7. The van der Waals surface area contributed by atoms with Gasteiger partial charge in [-0.1, -0.05) is 164 Å². The molecular formula is C47H86O2. The van der Waals surface area contributed by atoms with Crippen LogP contribution in [-0.4, -0.2) is 12.1 Å². The highest BCUT2D eigenvalue weighted by Crippen LogP contribution is 2.68. The summed E-state index contributed by atoms with van der Waals surface area (Å²) in [7, 11) is 0. The van der Waals surface area contributed by atoms with Crippen LogP contribution in [0.1, 0.15) is 234 Å². The molecule has 0 aromatic carbocycles. The second kappa shape index (κ2) is 21.2. The second-order valence-corrected chi connectivity index (χ2v) is 19.4. The Kier molecular flexibility index (Phi) is 17.9. The summed E-state index contributed by atoms with van der Waals surface area (Å²) in [6.07, 6.45) is 40.7. The van der Waals surface area contributed by atoms with Crippen molar-refractivity contribution in [3.05, 3.63) is 0 Å². The van der Waals surface area contributed by atoms with Gasteiger partial charge in [0.15, 0.2) is 0 Å². The lowest BCUT2D eigenvalue weighted by Gasteiger charge is -2.62. The smallest absolute Gasteiger partial charge is 0.306 e. The molecule has 4 rings (SSSR count). The van der Waals surface area contributed by atoms with E-state index in [0.29, 0.717) is 11.8 Å². The normalized spacial score (nSPS) is 33.2. The molecule has 1 unspecified atom stereocenters. The summed E-state index contributed by atoms with van der Waals surface area (Å²) in [5, 5.41) is 0. The standard InChI is InChI=1S/C47H86O2/c1-7-8-9-10-11-12-13-14-15-16-17-18-19-20-21-22-23-30-45(48)49-44-29-25-28-39-31-32-40-42-34-33-41(38(4)27-24-26-37(2)3)46(42,5)36-35-43(40)47(39,44)6/h37-44H,7-36H2,1-6H3/t38-,39+,40+,41-,42-,43-,44?,46+,47-/m0/s1. The van der Waals surface area contributed by atoms with E-state index in [9.17, 15) is 4.79 Å². The molecule has 49 heavy (non-hydrogen) atoms. The largest absolute Gasteiger partial charge is 0.462 e. The van der Waals surface area contributed by atoms with E-state index in [1.807, 2.05) is 0 Å². The van der Waals surface area contributed by atoms with Crippen molar-refractivity contribution in [3.8, 4) is 0 Å². The van der Waals surface area contributed by atoms with Crippen LogP contribution in [0.4, 0.5) is 0 Å². The summed E-state index contributed by atoms with van der Waals surface area (Å²) in [5.74, 6) is 6.02. The average molecular weight is 683 g/mol. The topological polar surface area (TPSA) is 26.3 Å². The Bertz CT molecular complexity index is 910. The molecule has 0 N–H and O–H groups in total. The summed E-state index contributed by atoms with van der Waals surface area (Å²) in [6.45, 7) is 15.0. The highest BCUT2D eigenvalue weighted by atomic mass is 16.5. The van der Waals surface area contributed by atoms with Gasteiger partial charge in [-0.3, -0.25) is 4.79 Å². The van der Waals surface area contributed by atoms with Crippen LogP contribution in [0.2, 0.25) is 0 Å². The maximum atomic E-state index is 13.3. The quantitative estimate of drug-likeness (QED) is 0.0748. The molecule has 9 atom stereocenters. The van der Waals surface area contributed by atoms with Crippen LogP contribution < -0.4 is 0 Å². The molecule has 286 valence electrons. The molecule has 0 aromatic rings. The lowest BCUT2D eigenvalue weighted by Crippen LogP contribution is -2.58. The predicted molar refractivity (Wildman–Crippen MR) is 212 cm³/mol. The number of carbonyl (C=O) groups is 1. The number of hydrogen-bond acceptors (Lipinski definition) is 2. The Morgan fingerprint density at radius 2 is 1.22 bits per heavy atom. The molecule has 4 fully saturated rings. The third-order valence-corrected chi connectivity index (χ3v) is 15.6. The molecular weight excluding hydrogens is 597 g/mol. The van der Waals surface area contributed by atoms with E-state index in [1.54, 1.807) is 0 Å². The molecule has 0 aliphatic heterocycles. The lowest BCUT2D eigenvalue weighted by molar-refractivity contribution is -0.192. The van der Waals surface area contributed by atoms with Gasteiger partial charge >= 0.3 is 5.97 Å². The molecule has 0 aromatic heterocycles. The predicted octanol–water partition coefficient (Wildman–Crippen LogP) is 15.1. The highest BCUT2D eigenvalue weighted by Gasteiger charge is 2.62. The van der Waals surface area contributed by atoms with Crippen LogP contribution in [0.5, 0.6) is 0 Å². The molecule has 0 bridgehead atoms. The zero-order valence-corrected chi connectivity index (χ0v) is 34.1. The fraction of sp³-hybridized carbons (Fsp3) is 0.979. The number of unbranched alkanes of at least 4 members (excludes halogenated alkanes) is 16. The number of carbonyl (C=O) groups excluding carboxylic acids is 1. The third-order valence-electron chi connectivity index (χ3n) is 15.6. The third kappa shape index (κ3) is 11.5. The first-order valence-electron chi connectivity index (χ1n) is 22.9. The van der Waals surface area contributed by atoms with Crippen molar-refractivity contribution in [2.75, 3.05) is 0 Å². The Morgan fingerprint density at radius 1 is 0.633 bits per heavy atom. The van der Waals surface area contributed by atoms with Gasteiger partial charge in [-0.15, -0.1) is 0 Å². The van der Waals surface area contributed by atoms with Crippen molar-refractivity contribution >= 4 is 5.97 Å². The summed E-state index contributed by atoms with van der Waals surface area (Å²) >= 11 is 0. The number of hydrogen-bond donors (Lipinski definition) is 0. The Morgan fingerprint density at radius 3 is 1.82 bits per heavy atom. The van der Waals surface area contributed by atoms with E-state index in [0.717, 1.165) is 54.3 Å². The summed E-state index contributed by atoms with van der Waals surface area (Å²) in [5.41, 5.74) is 0.739. The second-order valence-electron chi connectivity index (χ2n) is 19.4. The van der Waals surface area contributed by atoms with Crippen molar-refractivity contribution in [2.45, 2.75) is 240 Å². The molecule has 2 nitrogen and oxygen atoms in total. The first kappa shape index (κ1) is 41.2. The minimum Gasteiger partial charge on any atom is -0.462 e. The van der Waals surface area contributed by atoms with Crippen LogP contribution in [0.3, 0.4) is 0 Å². The first-order chi connectivity index (χ1) is 23.7. The average Bonchev–Trinajstić information content (AvgIpc) is 3.43. The van der Waals surface area contributed by atoms with E-state index in [2.05, 4.69) is 41.5 Å². The van der Waals surface area contributed by atoms with Gasteiger partial charge in [-0.2, -0.15) is 0 Å². The van der Waals surface area contributed by atoms with Crippen molar-refractivity contribution in [1.82, 2.24) is 0 Å². The minimum absolute atomic E-state index is 0.117. The Hall–Kier alpha value is -0.530. The van der Waals surface area contributed by atoms with Gasteiger partial charge < -0.3 is 4.74 Å². The summed E-state index contributed by atoms with van der Waals surface area (Å²) in [6, 6.07) is 0. The van der Waals surface area contributed by atoms with Gasteiger partial charge in [-0.05, 0) is 111 Å². The molecule has 2 heteroatoms. The van der Waals surface area contributed by atoms with Gasteiger partial charge in [0.05, 0.1) is 0 Å². The van der Waals surface area contributed by atoms with Gasteiger partial charge in [0.2, 0.25) is 0 Å². The first-order valence-corrected chi connectivity index (χ1v) is 22.9. The summed E-state index contributed by atoms with van der Waals surface area (Å²) in [4.78, 5) is 13.3. The van der Waals surface area contributed by atoms with Gasteiger partial charge in [-0.25, -0.2) is 0 Å². The SMILES string of the molecule is CCCCCCCCCCCCCCCCCCCC(=O)OC1CCC[C@@H]2CC[C@@H]3[C@@H]4CC[C@@H]([C@@H](C)CCCC(C)C)[C@@]4(C)CC[C@@H]3[C@@]12C. The molecule has 4 saturated carbocycles. The molecule has 0 spiro atoms. The van der Waals surface area contributed by atoms with Crippen LogP contribution in [-0.2, 0) is 9.53 Å². The van der Waals surface area contributed by atoms with Crippen LogP contribution >= 0.6 is 0 Å². The van der Waals surface area contributed by atoms with Crippen molar-refractivity contribution in [1.29, 1.82) is 0 Å². The van der Waals surface area contributed by atoms with Gasteiger partial charge in [0, 0.05) is 11.8 Å². The van der Waals surface area contributed by atoms with Crippen LogP contribution in [0, 0.1) is 52.3 Å². The van der Waals surface area contributed by atoms with Crippen LogP contribution in [0.15, 0.2) is 0 Å². The maximum absolute atomic E-state index is 13.3. The van der Waals surface area contributed by atoms with Gasteiger partial charge in [0.25, 0.3) is 0 Å². The maximum Gasteiger partial charge on any atom is 0.306 e. The number of rotatable bonds is 24. The fourth-order valence-electron chi connectivity index (χ4n) is 12.7. The van der Waals surface area contributed by atoms with E-state index in [1.165, 1.54) is 173 Å². The number of ether oxygens (including phenoxy) is 1. The molecule has 0 radical (unpaired) electrons. The molecule has 0 saturated heterocycles. The number of esters is 1. The van der Waals surface area contributed by atoms with Crippen LogP contribution in [0.25, 0.3) is 0 Å². The molecule has 4 aliphatic rings. The zero-order chi connectivity index (χ0) is 35.1. The molecule has 0 amide bonds.